The molecule has 10 nitrogen and oxygen atoms in total. The van der Waals surface area contributed by atoms with Crippen molar-refractivity contribution in [2.75, 3.05) is 18.1 Å². The molecule has 34 heavy (non-hydrogen) atoms. The van der Waals surface area contributed by atoms with Gasteiger partial charge in [0.1, 0.15) is 12.0 Å². The first-order valence-electron chi connectivity index (χ1n) is 10.9. The molecule has 2 aromatic rings. The van der Waals surface area contributed by atoms with Gasteiger partial charge in [-0.1, -0.05) is 12.1 Å². The minimum absolute atomic E-state index is 0.0820. The molecule has 0 bridgehead atoms. The minimum atomic E-state index is -3.34. The average Bonchev–Trinajstić information content (AvgIpc) is 3.52. The minimum Gasteiger partial charge on any atom is -0.390 e. The van der Waals surface area contributed by atoms with Crippen molar-refractivity contribution < 1.29 is 13.2 Å². The number of sulfone groups is 1. The first-order valence-corrected chi connectivity index (χ1v) is 12.8. The molecule has 1 aliphatic rings. The highest BCUT2D eigenvalue weighted by Crippen LogP contribution is 2.42. The number of aliphatic imine (C=N–C) groups is 3. The Labute approximate surface area is 200 Å². The predicted molar refractivity (Wildman–Crippen MR) is 136 cm³/mol. The number of rotatable bonds is 11. The van der Waals surface area contributed by atoms with Crippen LogP contribution < -0.4 is 16.8 Å². The molecule has 5 N–H and O–H groups in total. The number of hydrogen-bond donors (Lipinski definition) is 3. The molecule has 3 rings (SSSR count). The van der Waals surface area contributed by atoms with Crippen LogP contribution in [-0.4, -0.2) is 56.9 Å². The molecule has 0 amide bonds. The first kappa shape index (κ1) is 25.5. The van der Waals surface area contributed by atoms with E-state index < -0.39 is 16.1 Å². The summed E-state index contributed by atoms with van der Waals surface area (Å²) >= 11 is 0. The second-order valence-electron chi connectivity index (χ2n) is 8.47. The summed E-state index contributed by atoms with van der Waals surface area (Å²) in [5.41, 5.74) is 13.7. The molecule has 1 fully saturated rings. The van der Waals surface area contributed by atoms with Crippen LogP contribution in [0.1, 0.15) is 38.6 Å². The smallest absolute Gasteiger partial charge is 0.175 e. The normalized spacial score (nSPS) is 17.4. The Morgan fingerprint density at radius 1 is 1.29 bits per heavy atom. The van der Waals surface area contributed by atoms with Crippen LogP contribution >= 0.6 is 0 Å². The zero-order valence-corrected chi connectivity index (χ0v) is 20.4. The van der Waals surface area contributed by atoms with E-state index in [2.05, 4.69) is 20.3 Å². The summed E-state index contributed by atoms with van der Waals surface area (Å²) in [7, 11) is -3.34. The number of pyridine rings is 1. The molecule has 1 aliphatic carbocycles. The number of nitrogens with zero attached hydrogens (tertiary/aromatic N) is 4. The summed E-state index contributed by atoms with van der Waals surface area (Å²) in [6.45, 7) is 4.39. The number of ether oxygens (including phenoxy) is 1. The summed E-state index contributed by atoms with van der Waals surface area (Å²) in [4.78, 5) is 17.2. The van der Waals surface area contributed by atoms with E-state index in [0.29, 0.717) is 29.2 Å². The van der Waals surface area contributed by atoms with Crippen molar-refractivity contribution in [2.24, 2.45) is 26.4 Å². The number of nitrogens with two attached hydrogens (primary N) is 2. The van der Waals surface area contributed by atoms with Crippen molar-refractivity contribution in [3.63, 3.8) is 0 Å². The molecule has 1 saturated carbocycles. The Kier molecular flexibility index (Phi) is 8.13. The largest absolute Gasteiger partial charge is 0.390 e. The third-order valence-electron chi connectivity index (χ3n) is 5.27. The van der Waals surface area contributed by atoms with Gasteiger partial charge in [-0.05, 0) is 51.0 Å². The molecule has 2 unspecified atom stereocenters. The number of benzene rings is 1. The van der Waals surface area contributed by atoms with Crippen molar-refractivity contribution in [1.29, 1.82) is 0 Å². The molecule has 11 heteroatoms. The highest BCUT2D eigenvalue weighted by atomic mass is 32.2. The van der Waals surface area contributed by atoms with Crippen LogP contribution in [0.5, 0.6) is 0 Å². The second-order valence-corrected chi connectivity index (χ2v) is 10.5. The van der Waals surface area contributed by atoms with Gasteiger partial charge in [-0.3, -0.25) is 9.98 Å². The van der Waals surface area contributed by atoms with Gasteiger partial charge in [0.25, 0.3) is 0 Å². The van der Waals surface area contributed by atoms with Gasteiger partial charge >= 0.3 is 0 Å². The molecule has 0 spiro atoms. The standard InChI is InChI=1S/C23H31N7O3S/c1-16(12-26-14-27-13-24)28-15-29-20-8-7-19(17-5-4-6-18(11-17)34(3,31)32)30-21(20)22(25)33-23(2)9-10-23/h4-8,11,13-16,22H,9-10,12,25H2,1-3H3,(H,28,29)(H2,24,26,27). The third-order valence-corrected chi connectivity index (χ3v) is 6.38. The van der Waals surface area contributed by atoms with E-state index >= 15 is 0 Å². The van der Waals surface area contributed by atoms with Gasteiger partial charge in [-0.2, -0.15) is 0 Å². The van der Waals surface area contributed by atoms with Crippen molar-refractivity contribution in [3.8, 4) is 11.3 Å². The van der Waals surface area contributed by atoms with Crippen LogP contribution in [0, 0.1) is 0 Å². The summed E-state index contributed by atoms with van der Waals surface area (Å²) < 4.78 is 30.0. The van der Waals surface area contributed by atoms with Crippen molar-refractivity contribution in [2.45, 2.75) is 49.5 Å². The molecule has 1 heterocycles. The van der Waals surface area contributed by atoms with E-state index in [0.717, 1.165) is 12.8 Å². The van der Waals surface area contributed by atoms with E-state index in [1.54, 1.807) is 36.7 Å². The van der Waals surface area contributed by atoms with Crippen molar-refractivity contribution in [3.05, 3.63) is 42.1 Å². The Bertz CT molecular complexity index is 1190. The topological polar surface area (TPSA) is 157 Å². The maximum Gasteiger partial charge on any atom is 0.175 e. The Morgan fingerprint density at radius 3 is 2.74 bits per heavy atom. The molecule has 2 atom stereocenters. The summed E-state index contributed by atoms with van der Waals surface area (Å²) in [5.74, 6) is 0. The molecule has 0 radical (unpaired) electrons. The van der Waals surface area contributed by atoms with Gasteiger partial charge in [0, 0.05) is 11.8 Å². The van der Waals surface area contributed by atoms with Crippen LogP contribution in [0.2, 0.25) is 0 Å². The zero-order chi connectivity index (χ0) is 24.8. The Balaban J connectivity index is 1.85. The Hall–Kier alpha value is -3.15. The molecule has 0 aliphatic heterocycles. The van der Waals surface area contributed by atoms with E-state index in [-0.39, 0.29) is 16.5 Å². The molecule has 182 valence electrons. The average molecular weight is 486 g/mol. The van der Waals surface area contributed by atoms with E-state index in [9.17, 15) is 8.42 Å². The Morgan fingerprint density at radius 2 is 2.06 bits per heavy atom. The fraction of sp³-hybridized carbons (Fsp3) is 0.391. The summed E-state index contributed by atoms with van der Waals surface area (Å²) in [6.07, 6.45) is 6.41. The fourth-order valence-electron chi connectivity index (χ4n) is 3.08. The van der Waals surface area contributed by atoms with Crippen LogP contribution in [0.15, 0.2) is 56.3 Å². The van der Waals surface area contributed by atoms with Gasteiger partial charge in [-0.15, -0.1) is 0 Å². The summed E-state index contributed by atoms with van der Waals surface area (Å²) in [5, 5.41) is 3.14. The van der Waals surface area contributed by atoms with Gasteiger partial charge in [0.15, 0.2) is 16.1 Å². The molecular formula is C23H31N7O3S. The predicted octanol–water partition coefficient (Wildman–Crippen LogP) is 2.52. The molecule has 1 aromatic heterocycles. The summed E-state index contributed by atoms with van der Waals surface area (Å²) in [6, 6.07) is 10.2. The highest BCUT2D eigenvalue weighted by Gasteiger charge is 2.41. The lowest BCUT2D eigenvalue weighted by atomic mass is 10.1. The van der Waals surface area contributed by atoms with Crippen molar-refractivity contribution in [1.82, 2.24) is 4.98 Å². The number of nitrogens with one attached hydrogen (secondary N) is 1. The maximum atomic E-state index is 12.0. The van der Waals surface area contributed by atoms with Gasteiger partial charge in [-0.25, -0.2) is 18.4 Å². The van der Waals surface area contributed by atoms with Crippen LogP contribution in [0.3, 0.4) is 0 Å². The second kappa shape index (κ2) is 10.9. The SMILES string of the molecule is CC(CN=CN=CN)N=CNc1ccc(-c2cccc(S(C)(=O)=O)c2)nc1C(N)OC1(C)CC1. The first-order chi connectivity index (χ1) is 16.1. The van der Waals surface area contributed by atoms with Gasteiger partial charge in [0.05, 0.1) is 47.1 Å². The van der Waals surface area contributed by atoms with Gasteiger partial charge in [0.2, 0.25) is 0 Å². The molecule has 0 saturated heterocycles. The number of aromatic nitrogens is 1. The third kappa shape index (κ3) is 7.17. The van der Waals surface area contributed by atoms with Gasteiger partial charge < -0.3 is 21.5 Å². The molecule has 1 aromatic carbocycles. The monoisotopic (exact) mass is 485 g/mol. The lowest BCUT2D eigenvalue weighted by Gasteiger charge is -2.21. The highest BCUT2D eigenvalue weighted by molar-refractivity contribution is 7.90. The van der Waals surface area contributed by atoms with Crippen LogP contribution in [-0.2, 0) is 14.6 Å². The zero-order valence-electron chi connectivity index (χ0n) is 19.5. The van der Waals surface area contributed by atoms with Crippen LogP contribution in [0.4, 0.5) is 5.69 Å². The lowest BCUT2D eigenvalue weighted by Crippen LogP contribution is -2.24. The maximum absolute atomic E-state index is 12.0. The van der Waals surface area contributed by atoms with E-state index in [1.165, 1.54) is 18.9 Å². The quantitative estimate of drug-likeness (QED) is 0.251. The fourth-order valence-corrected chi connectivity index (χ4v) is 3.75. The van der Waals surface area contributed by atoms with E-state index in [4.69, 9.17) is 21.2 Å². The van der Waals surface area contributed by atoms with Crippen molar-refractivity contribution >= 4 is 34.5 Å². The molecular weight excluding hydrogens is 454 g/mol. The van der Waals surface area contributed by atoms with Crippen LogP contribution in [0.25, 0.3) is 11.3 Å². The van der Waals surface area contributed by atoms with E-state index in [1.807, 2.05) is 19.9 Å². The number of anilines is 1. The lowest BCUT2D eigenvalue weighted by molar-refractivity contribution is -0.0192. The number of hydrogen-bond acceptors (Lipinski definition) is 7.